The van der Waals surface area contributed by atoms with Crippen LogP contribution in [-0.4, -0.2) is 53.8 Å². The lowest BCUT2D eigenvalue weighted by atomic mass is 9.95. The van der Waals surface area contributed by atoms with E-state index >= 15 is 0 Å². The number of amides is 2. The number of piperidine rings is 1. The highest BCUT2D eigenvalue weighted by Crippen LogP contribution is 2.30. The number of aryl methyl sites for hydroxylation is 3. The van der Waals surface area contributed by atoms with Gasteiger partial charge >= 0.3 is 0 Å². The molecule has 0 N–H and O–H groups in total. The summed E-state index contributed by atoms with van der Waals surface area (Å²) in [6, 6.07) is 5.98. The number of hydrogen-bond acceptors (Lipinski definition) is 4. The fraction of sp³-hybridized carbons (Fsp3) is 0.476. The Morgan fingerprint density at radius 3 is 2.44 bits per heavy atom. The van der Waals surface area contributed by atoms with Gasteiger partial charge in [-0.2, -0.15) is 0 Å². The SMILES string of the molecule is Cc1ccc(C)c(C(=O)N2CCC(c3nc(C(=O)N(C)C)c(C)o3)CC2)c1. The molecule has 2 heterocycles. The molecule has 6 nitrogen and oxygen atoms in total. The van der Waals surface area contributed by atoms with Gasteiger partial charge in [0.05, 0.1) is 0 Å². The van der Waals surface area contributed by atoms with Crippen molar-refractivity contribution in [2.75, 3.05) is 27.2 Å². The van der Waals surface area contributed by atoms with E-state index in [-0.39, 0.29) is 17.7 Å². The molecule has 2 amide bonds. The van der Waals surface area contributed by atoms with E-state index in [1.54, 1.807) is 21.0 Å². The van der Waals surface area contributed by atoms with Crippen LogP contribution in [0.4, 0.5) is 0 Å². The van der Waals surface area contributed by atoms with E-state index in [4.69, 9.17) is 4.42 Å². The molecule has 0 aliphatic carbocycles. The van der Waals surface area contributed by atoms with Gasteiger partial charge in [0.1, 0.15) is 5.76 Å². The molecule has 0 saturated carbocycles. The maximum atomic E-state index is 12.9. The third-order valence-electron chi connectivity index (χ3n) is 5.18. The smallest absolute Gasteiger partial charge is 0.275 e. The third-order valence-corrected chi connectivity index (χ3v) is 5.18. The lowest BCUT2D eigenvalue weighted by Crippen LogP contribution is -2.38. The Hall–Kier alpha value is -2.63. The Labute approximate surface area is 160 Å². The van der Waals surface area contributed by atoms with Crippen LogP contribution in [0.5, 0.6) is 0 Å². The summed E-state index contributed by atoms with van der Waals surface area (Å²) >= 11 is 0. The zero-order chi connectivity index (χ0) is 19.7. The molecule has 27 heavy (non-hydrogen) atoms. The van der Waals surface area contributed by atoms with Crippen LogP contribution in [0.2, 0.25) is 0 Å². The molecule has 3 rings (SSSR count). The molecule has 2 aromatic rings. The summed E-state index contributed by atoms with van der Waals surface area (Å²) in [5.41, 5.74) is 3.25. The average Bonchev–Trinajstić information content (AvgIpc) is 3.04. The van der Waals surface area contributed by atoms with Gasteiger partial charge < -0.3 is 14.2 Å². The van der Waals surface area contributed by atoms with E-state index in [1.165, 1.54) is 4.90 Å². The summed E-state index contributed by atoms with van der Waals surface area (Å²) in [4.78, 5) is 32.9. The molecule has 144 valence electrons. The van der Waals surface area contributed by atoms with Gasteiger partial charge in [-0.25, -0.2) is 4.98 Å². The van der Waals surface area contributed by atoms with Crippen LogP contribution in [0.15, 0.2) is 22.6 Å². The van der Waals surface area contributed by atoms with E-state index < -0.39 is 0 Å². The van der Waals surface area contributed by atoms with Crippen LogP contribution in [0.3, 0.4) is 0 Å². The molecule has 0 atom stereocenters. The van der Waals surface area contributed by atoms with Crippen molar-refractivity contribution >= 4 is 11.8 Å². The van der Waals surface area contributed by atoms with E-state index in [1.807, 2.05) is 36.9 Å². The van der Waals surface area contributed by atoms with Gasteiger partial charge in [0.2, 0.25) is 0 Å². The molecular formula is C21H27N3O3. The maximum Gasteiger partial charge on any atom is 0.275 e. The van der Waals surface area contributed by atoms with Crippen molar-refractivity contribution in [2.45, 2.75) is 39.5 Å². The topological polar surface area (TPSA) is 66.7 Å². The first-order valence-corrected chi connectivity index (χ1v) is 9.33. The first-order chi connectivity index (χ1) is 12.8. The fourth-order valence-corrected chi connectivity index (χ4v) is 3.47. The Morgan fingerprint density at radius 2 is 1.81 bits per heavy atom. The van der Waals surface area contributed by atoms with Crippen LogP contribution in [-0.2, 0) is 0 Å². The van der Waals surface area contributed by atoms with Crippen LogP contribution in [0, 0.1) is 20.8 Å². The van der Waals surface area contributed by atoms with Crippen LogP contribution >= 0.6 is 0 Å². The number of carbonyl (C=O) groups excluding carboxylic acids is 2. The van der Waals surface area contributed by atoms with E-state index in [2.05, 4.69) is 4.98 Å². The number of likely N-dealkylation sites (tertiary alicyclic amines) is 1. The number of oxazole rings is 1. The number of aromatic nitrogens is 1. The quantitative estimate of drug-likeness (QED) is 0.832. The highest BCUT2D eigenvalue weighted by atomic mass is 16.4. The Morgan fingerprint density at radius 1 is 1.15 bits per heavy atom. The minimum absolute atomic E-state index is 0.0849. The molecule has 1 saturated heterocycles. The first-order valence-electron chi connectivity index (χ1n) is 9.33. The Kier molecular flexibility index (Phi) is 5.35. The third kappa shape index (κ3) is 3.89. The normalized spacial score (nSPS) is 15.1. The minimum Gasteiger partial charge on any atom is -0.445 e. The molecular weight excluding hydrogens is 342 g/mol. The largest absolute Gasteiger partial charge is 0.445 e. The minimum atomic E-state index is -0.148. The molecule has 0 unspecified atom stereocenters. The average molecular weight is 369 g/mol. The highest BCUT2D eigenvalue weighted by molar-refractivity contribution is 5.96. The van der Waals surface area contributed by atoms with Crippen molar-refractivity contribution in [3.05, 3.63) is 52.2 Å². The van der Waals surface area contributed by atoms with Crippen LogP contribution < -0.4 is 0 Å². The fourth-order valence-electron chi connectivity index (χ4n) is 3.47. The van der Waals surface area contributed by atoms with E-state index in [0.29, 0.717) is 30.4 Å². The summed E-state index contributed by atoms with van der Waals surface area (Å²) in [6.07, 6.45) is 1.57. The van der Waals surface area contributed by atoms with Gasteiger partial charge in [-0.1, -0.05) is 17.7 Å². The van der Waals surface area contributed by atoms with Crippen molar-refractivity contribution in [3.63, 3.8) is 0 Å². The second kappa shape index (κ2) is 7.55. The van der Waals surface area contributed by atoms with Gasteiger partial charge in [-0.15, -0.1) is 0 Å². The Balaban J connectivity index is 1.69. The van der Waals surface area contributed by atoms with E-state index in [0.717, 1.165) is 29.5 Å². The number of hydrogen-bond donors (Lipinski definition) is 0. The second-order valence-corrected chi connectivity index (χ2v) is 7.54. The monoisotopic (exact) mass is 369 g/mol. The van der Waals surface area contributed by atoms with Crippen molar-refractivity contribution in [2.24, 2.45) is 0 Å². The summed E-state index contributed by atoms with van der Waals surface area (Å²) in [5.74, 6) is 1.23. The van der Waals surface area contributed by atoms with E-state index in [9.17, 15) is 9.59 Å². The molecule has 1 aliphatic rings. The predicted octanol–water partition coefficient (Wildman–Crippen LogP) is 3.32. The summed E-state index contributed by atoms with van der Waals surface area (Å²) in [7, 11) is 3.40. The summed E-state index contributed by atoms with van der Waals surface area (Å²) < 4.78 is 5.78. The molecule has 1 aliphatic heterocycles. The van der Waals surface area contributed by atoms with Gasteiger partial charge in [-0.05, 0) is 45.2 Å². The summed E-state index contributed by atoms with van der Waals surface area (Å²) in [6.45, 7) is 7.06. The highest BCUT2D eigenvalue weighted by Gasteiger charge is 2.29. The zero-order valence-electron chi connectivity index (χ0n) is 16.7. The van der Waals surface area contributed by atoms with Gasteiger partial charge in [-0.3, -0.25) is 9.59 Å². The van der Waals surface area contributed by atoms with Crippen molar-refractivity contribution < 1.29 is 14.0 Å². The number of benzene rings is 1. The van der Waals surface area contributed by atoms with Crippen molar-refractivity contribution in [1.82, 2.24) is 14.8 Å². The summed E-state index contributed by atoms with van der Waals surface area (Å²) in [5, 5.41) is 0. The van der Waals surface area contributed by atoms with Crippen LogP contribution in [0.25, 0.3) is 0 Å². The van der Waals surface area contributed by atoms with Crippen molar-refractivity contribution in [3.8, 4) is 0 Å². The molecule has 1 aromatic heterocycles. The molecule has 0 radical (unpaired) electrons. The molecule has 0 spiro atoms. The maximum absolute atomic E-state index is 12.9. The van der Waals surface area contributed by atoms with Crippen molar-refractivity contribution in [1.29, 1.82) is 0 Å². The Bertz CT molecular complexity index is 862. The van der Waals surface area contributed by atoms with Gasteiger partial charge in [0.15, 0.2) is 11.6 Å². The first kappa shape index (κ1) is 19.1. The standard InChI is InChI=1S/C21H27N3O3/c1-13-6-7-14(2)17(12-13)20(25)24-10-8-16(9-11-24)19-22-18(15(3)27-19)21(26)23(4)5/h6-7,12,16H,8-11H2,1-5H3. The molecule has 1 aromatic carbocycles. The zero-order valence-corrected chi connectivity index (χ0v) is 16.7. The lowest BCUT2D eigenvalue weighted by Gasteiger charge is -2.31. The van der Waals surface area contributed by atoms with Crippen LogP contribution in [0.1, 0.15) is 62.4 Å². The number of nitrogens with zero attached hydrogens (tertiary/aromatic N) is 3. The second-order valence-electron chi connectivity index (χ2n) is 7.54. The number of rotatable bonds is 3. The molecule has 0 bridgehead atoms. The molecule has 6 heteroatoms. The number of carbonyl (C=O) groups is 2. The molecule has 1 fully saturated rings. The predicted molar refractivity (Wildman–Crippen MR) is 103 cm³/mol. The van der Waals surface area contributed by atoms with Gasteiger partial charge in [0.25, 0.3) is 11.8 Å². The lowest BCUT2D eigenvalue weighted by molar-refractivity contribution is 0.0705. The van der Waals surface area contributed by atoms with Gasteiger partial charge in [0, 0.05) is 38.7 Å².